The van der Waals surface area contributed by atoms with Gasteiger partial charge in [-0.3, -0.25) is 4.79 Å². The summed E-state index contributed by atoms with van der Waals surface area (Å²) >= 11 is 0. The average Bonchev–Trinajstić information content (AvgIpc) is 2.95. The summed E-state index contributed by atoms with van der Waals surface area (Å²) in [6.45, 7) is 5.12. The molecule has 0 aromatic carbocycles. The van der Waals surface area contributed by atoms with Crippen molar-refractivity contribution in [2.24, 2.45) is 11.7 Å². The number of nitrogens with two attached hydrogens (primary N) is 1. The summed E-state index contributed by atoms with van der Waals surface area (Å²) in [7, 11) is 0. The first-order chi connectivity index (χ1) is 9.61. The Kier molecular flexibility index (Phi) is 7.11. The zero-order valence-corrected chi connectivity index (χ0v) is 13.5. The summed E-state index contributed by atoms with van der Waals surface area (Å²) in [5.41, 5.74) is 5.39. The predicted octanol–water partition coefficient (Wildman–Crippen LogP) is 1.96. The molecule has 3 N–H and O–H groups in total. The van der Waals surface area contributed by atoms with E-state index in [0.29, 0.717) is 24.9 Å². The zero-order chi connectivity index (χ0) is 14.5. The van der Waals surface area contributed by atoms with Crippen molar-refractivity contribution in [1.29, 1.82) is 0 Å². The zero-order valence-electron chi connectivity index (χ0n) is 12.7. The fourth-order valence-corrected chi connectivity index (χ4v) is 2.59. The third kappa shape index (κ3) is 4.68. The number of aromatic nitrogens is 2. The van der Waals surface area contributed by atoms with Gasteiger partial charge in [-0.1, -0.05) is 13.8 Å². The number of nitrogens with zero attached hydrogens (tertiary/aromatic N) is 2. The molecule has 0 aliphatic heterocycles. The maximum Gasteiger partial charge on any atom is 0.223 e. The summed E-state index contributed by atoms with van der Waals surface area (Å²) in [5, 5.41) is 11.1. The Hall–Kier alpha value is -1.14. The van der Waals surface area contributed by atoms with Crippen molar-refractivity contribution >= 4 is 18.3 Å². The number of hydrogen-bond donors (Lipinski definition) is 2. The Bertz CT molecular complexity index is 442. The fourth-order valence-electron chi connectivity index (χ4n) is 2.59. The van der Waals surface area contributed by atoms with Gasteiger partial charge in [-0.25, -0.2) is 0 Å². The van der Waals surface area contributed by atoms with Gasteiger partial charge in [0.25, 0.3) is 0 Å². The van der Waals surface area contributed by atoms with Crippen molar-refractivity contribution in [3.8, 4) is 0 Å². The van der Waals surface area contributed by atoms with Gasteiger partial charge in [0, 0.05) is 30.8 Å². The van der Waals surface area contributed by atoms with Crippen LogP contribution in [0, 0.1) is 5.92 Å². The molecule has 1 saturated carbocycles. The van der Waals surface area contributed by atoms with Crippen LogP contribution >= 0.6 is 12.4 Å². The largest absolute Gasteiger partial charge is 0.425 e. The second-order valence-corrected chi connectivity index (χ2v) is 5.76. The molecule has 1 amide bonds. The smallest absolute Gasteiger partial charge is 0.223 e. The predicted molar refractivity (Wildman–Crippen MR) is 82.4 cm³/mol. The van der Waals surface area contributed by atoms with Crippen LogP contribution in [0.5, 0.6) is 0 Å². The van der Waals surface area contributed by atoms with Gasteiger partial charge in [-0.15, -0.1) is 22.6 Å². The monoisotopic (exact) mass is 316 g/mol. The Balaban J connectivity index is 0.00000220. The molecule has 0 saturated heterocycles. The lowest BCUT2D eigenvalue weighted by molar-refractivity contribution is -0.126. The first-order valence-electron chi connectivity index (χ1n) is 7.43. The van der Waals surface area contributed by atoms with E-state index < -0.39 is 0 Å². The summed E-state index contributed by atoms with van der Waals surface area (Å²) in [6, 6.07) is 0. The van der Waals surface area contributed by atoms with E-state index in [0.717, 1.165) is 31.6 Å². The number of nitrogens with one attached hydrogen (secondary N) is 1. The minimum atomic E-state index is 0. The summed E-state index contributed by atoms with van der Waals surface area (Å²) < 4.78 is 5.71. The number of rotatable bonds is 5. The van der Waals surface area contributed by atoms with E-state index in [-0.39, 0.29) is 30.2 Å². The average molecular weight is 317 g/mol. The van der Waals surface area contributed by atoms with Crippen LogP contribution < -0.4 is 11.1 Å². The van der Waals surface area contributed by atoms with Gasteiger partial charge in [-0.2, -0.15) is 0 Å². The van der Waals surface area contributed by atoms with Crippen LogP contribution in [0.15, 0.2) is 4.42 Å². The molecule has 120 valence electrons. The Morgan fingerprint density at radius 2 is 2.00 bits per heavy atom. The molecule has 1 aromatic rings. The van der Waals surface area contributed by atoms with Crippen molar-refractivity contribution in [1.82, 2.24) is 15.5 Å². The quantitative estimate of drug-likeness (QED) is 0.866. The van der Waals surface area contributed by atoms with Gasteiger partial charge < -0.3 is 15.5 Å². The van der Waals surface area contributed by atoms with Gasteiger partial charge in [0.1, 0.15) is 0 Å². The maximum absolute atomic E-state index is 11.9. The van der Waals surface area contributed by atoms with Crippen molar-refractivity contribution in [3.63, 3.8) is 0 Å². The second kappa shape index (κ2) is 8.34. The standard InChI is InChI=1S/C14H24N4O2.ClH/c1-9(2)13-17-18-14(20-13)11-5-3-10(4-6-11)12(19)16-8-7-15;/h9-11H,3-8,15H2,1-2H3,(H,16,19);1H. The lowest BCUT2D eigenvalue weighted by atomic mass is 9.81. The molecule has 1 aliphatic carbocycles. The fraction of sp³-hybridized carbons (Fsp3) is 0.786. The molecule has 0 spiro atoms. The van der Waals surface area contributed by atoms with E-state index in [1.54, 1.807) is 0 Å². The molecule has 1 fully saturated rings. The SMILES string of the molecule is CC(C)c1nnc(C2CCC(C(=O)NCCN)CC2)o1.Cl. The molecule has 0 bridgehead atoms. The second-order valence-electron chi connectivity index (χ2n) is 5.76. The van der Waals surface area contributed by atoms with Crippen molar-refractivity contribution in [2.45, 2.75) is 51.4 Å². The van der Waals surface area contributed by atoms with Gasteiger partial charge in [0.05, 0.1) is 0 Å². The third-order valence-electron chi connectivity index (χ3n) is 3.84. The van der Waals surface area contributed by atoms with Gasteiger partial charge in [0.15, 0.2) is 0 Å². The summed E-state index contributed by atoms with van der Waals surface area (Å²) in [6.07, 6.45) is 3.61. The van der Waals surface area contributed by atoms with E-state index in [1.807, 2.05) is 13.8 Å². The molecule has 1 aromatic heterocycles. The van der Waals surface area contributed by atoms with Crippen LogP contribution in [0.1, 0.15) is 63.1 Å². The van der Waals surface area contributed by atoms with E-state index >= 15 is 0 Å². The highest BCUT2D eigenvalue weighted by molar-refractivity contribution is 5.85. The van der Waals surface area contributed by atoms with Crippen molar-refractivity contribution in [3.05, 3.63) is 11.8 Å². The summed E-state index contributed by atoms with van der Waals surface area (Å²) in [4.78, 5) is 11.9. The highest BCUT2D eigenvalue weighted by atomic mass is 35.5. The third-order valence-corrected chi connectivity index (χ3v) is 3.84. The number of carbonyl (C=O) groups is 1. The number of carbonyl (C=O) groups excluding carboxylic acids is 1. The van der Waals surface area contributed by atoms with Crippen LogP contribution in [0.4, 0.5) is 0 Å². The Morgan fingerprint density at radius 1 is 1.33 bits per heavy atom. The Morgan fingerprint density at radius 3 is 2.52 bits per heavy atom. The molecule has 2 rings (SSSR count). The topological polar surface area (TPSA) is 94.0 Å². The van der Waals surface area contributed by atoms with Gasteiger partial charge in [0.2, 0.25) is 17.7 Å². The molecule has 1 aliphatic rings. The number of halogens is 1. The van der Waals surface area contributed by atoms with E-state index in [4.69, 9.17) is 10.2 Å². The minimum Gasteiger partial charge on any atom is -0.425 e. The maximum atomic E-state index is 11.9. The van der Waals surface area contributed by atoms with E-state index in [1.165, 1.54) is 0 Å². The van der Waals surface area contributed by atoms with Crippen LogP contribution in [-0.2, 0) is 4.79 Å². The molecule has 21 heavy (non-hydrogen) atoms. The molecular formula is C14H25ClN4O2. The minimum absolute atomic E-state index is 0. The van der Waals surface area contributed by atoms with Crippen molar-refractivity contribution < 1.29 is 9.21 Å². The Labute approximate surface area is 131 Å². The van der Waals surface area contributed by atoms with Gasteiger partial charge in [-0.05, 0) is 25.7 Å². The first kappa shape index (κ1) is 17.9. The van der Waals surface area contributed by atoms with Crippen LogP contribution in [0.25, 0.3) is 0 Å². The highest BCUT2D eigenvalue weighted by Gasteiger charge is 2.29. The first-order valence-corrected chi connectivity index (χ1v) is 7.43. The molecule has 0 radical (unpaired) electrons. The van der Waals surface area contributed by atoms with Crippen molar-refractivity contribution in [2.75, 3.05) is 13.1 Å². The van der Waals surface area contributed by atoms with Gasteiger partial charge >= 0.3 is 0 Å². The molecular weight excluding hydrogens is 292 g/mol. The molecule has 7 heteroatoms. The van der Waals surface area contributed by atoms with E-state index in [2.05, 4.69) is 15.5 Å². The number of amides is 1. The molecule has 0 unspecified atom stereocenters. The normalized spacial score (nSPS) is 21.9. The lowest BCUT2D eigenvalue weighted by Crippen LogP contribution is -2.35. The van der Waals surface area contributed by atoms with Crippen LogP contribution in [0.2, 0.25) is 0 Å². The number of hydrogen-bond acceptors (Lipinski definition) is 5. The van der Waals surface area contributed by atoms with Crippen LogP contribution in [-0.4, -0.2) is 29.2 Å². The summed E-state index contributed by atoms with van der Waals surface area (Å²) in [5.74, 6) is 2.22. The molecule has 1 heterocycles. The lowest BCUT2D eigenvalue weighted by Gasteiger charge is -2.25. The highest BCUT2D eigenvalue weighted by Crippen LogP contribution is 2.35. The molecule has 0 atom stereocenters. The molecule has 6 nitrogen and oxygen atoms in total. The van der Waals surface area contributed by atoms with Crippen LogP contribution in [0.3, 0.4) is 0 Å². The van der Waals surface area contributed by atoms with E-state index in [9.17, 15) is 4.79 Å².